The molecule has 1 atom stereocenters. The summed E-state index contributed by atoms with van der Waals surface area (Å²) in [6.45, 7) is 10.7. The van der Waals surface area contributed by atoms with Gasteiger partial charge in [0.05, 0.1) is 0 Å². The molecule has 6 nitrogen and oxygen atoms in total. The molecule has 7 heteroatoms. The van der Waals surface area contributed by atoms with E-state index in [1.165, 1.54) is 44.9 Å². The highest BCUT2D eigenvalue weighted by Gasteiger charge is 2.22. The molecule has 0 bridgehead atoms. The van der Waals surface area contributed by atoms with Gasteiger partial charge in [0.1, 0.15) is 11.6 Å². The molecule has 28 heavy (non-hydrogen) atoms. The van der Waals surface area contributed by atoms with Crippen molar-refractivity contribution >= 4 is 34.9 Å². The van der Waals surface area contributed by atoms with Crippen molar-refractivity contribution in [1.82, 2.24) is 15.3 Å². The Bertz CT molecular complexity index is 642. The first-order valence-electron chi connectivity index (χ1n) is 11.0. The molecular formula is C21H36N6S. The molecule has 0 amide bonds. The number of hydrogen-bond acceptors (Lipinski definition) is 5. The Balaban J connectivity index is 1.83. The Kier molecular flexibility index (Phi) is 7.71. The second-order valence-electron chi connectivity index (χ2n) is 8.58. The lowest BCUT2D eigenvalue weighted by Gasteiger charge is -2.35. The summed E-state index contributed by atoms with van der Waals surface area (Å²) in [7, 11) is 0. The van der Waals surface area contributed by atoms with Crippen LogP contribution < -0.4 is 20.4 Å². The van der Waals surface area contributed by atoms with Gasteiger partial charge in [0, 0.05) is 38.3 Å². The summed E-state index contributed by atoms with van der Waals surface area (Å²) in [5.74, 6) is 3.19. The van der Waals surface area contributed by atoms with Gasteiger partial charge < -0.3 is 20.4 Å². The Labute approximate surface area is 175 Å². The third-order valence-electron chi connectivity index (χ3n) is 5.62. The van der Waals surface area contributed by atoms with Crippen LogP contribution in [0.4, 0.5) is 17.6 Å². The van der Waals surface area contributed by atoms with Gasteiger partial charge in [0.2, 0.25) is 5.95 Å². The fraction of sp³-hybridized carbons (Fsp3) is 0.762. The molecule has 0 unspecified atom stereocenters. The van der Waals surface area contributed by atoms with E-state index in [4.69, 9.17) is 22.2 Å². The lowest BCUT2D eigenvalue weighted by Crippen LogP contribution is -2.39. The van der Waals surface area contributed by atoms with Crippen molar-refractivity contribution in [2.45, 2.75) is 71.8 Å². The van der Waals surface area contributed by atoms with Crippen LogP contribution in [-0.4, -0.2) is 47.3 Å². The molecule has 0 spiro atoms. The number of nitrogens with zero attached hydrogens (tertiary/aromatic N) is 4. The van der Waals surface area contributed by atoms with Crippen molar-refractivity contribution in [1.29, 1.82) is 0 Å². The van der Waals surface area contributed by atoms with E-state index in [-0.39, 0.29) is 0 Å². The van der Waals surface area contributed by atoms with E-state index in [9.17, 15) is 0 Å². The predicted molar refractivity (Wildman–Crippen MR) is 122 cm³/mol. The molecule has 3 rings (SSSR count). The number of anilines is 3. The number of hydrogen-bond donors (Lipinski definition) is 2. The molecule has 2 saturated heterocycles. The molecule has 0 aromatic carbocycles. The first kappa shape index (κ1) is 21.1. The summed E-state index contributed by atoms with van der Waals surface area (Å²) >= 11 is 5.47. The van der Waals surface area contributed by atoms with Crippen molar-refractivity contribution in [2.75, 3.05) is 41.3 Å². The fourth-order valence-electron chi connectivity index (χ4n) is 3.97. The van der Waals surface area contributed by atoms with Crippen molar-refractivity contribution in [3.63, 3.8) is 0 Å². The summed E-state index contributed by atoms with van der Waals surface area (Å²) in [5, 5.41) is 7.09. The summed E-state index contributed by atoms with van der Waals surface area (Å²) in [4.78, 5) is 14.5. The van der Waals surface area contributed by atoms with Crippen LogP contribution in [0, 0.1) is 5.92 Å². The number of piperidine rings is 1. The van der Waals surface area contributed by atoms with Crippen LogP contribution in [0.2, 0.25) is 0 Å². The molecule has 2 N–H and O–H groups in total. The Morgan fingerprint density at radius 3 is 2.43 bits per heavy atom. The number of aromatic nitrogens is 2. The molecular weight excluding hydrogens is 368 g/mol. The second-order valence-corrected chi connectivity index (χ2v) is 8.98. The normalized spacial score (nSPS) is 20.8. The second kappa shape index (κ2) is 10.2. The van der Waals surface area contributed by atoms with E-state index >= 15 is 0 Å². The number of thiocarbonyl (C=S) groups is 1. The summed E-state index contributed by atoms with van der Waals surface area (Å²) in [6, 6.07) is 2.70. The van der Waals surface area contributed by atoms with Gasteiger partial charge in [0.15, 0.2) is 5.11 Å². The molecule has 1 aromatic heterocycles. The van der Waals surface area contributed by atoms with Gasteiger partial charge in [-0.3, -0.25) is 0 Å². The third kappa shape index (κ3) is 5.93. The van der Waals surface area contributed by atoms with Crippen LogP contribution >= 0.6 is 12.2 Å². The quantitative estimate of drug-likeness (QED) is 0.714. The highest BCUT2D eigenvalue weighted by atomic mass is 32.1. The van der Waals surface area contributed by atoms with Crippen molar-refractivity contribution in [2.24, 2.45) is 5.92 Å². The third-order valence-corrected chi connectivity index (χ3v) is 5.87. The van der Waals surface area contributed by atoms with Gasteiger partial charge in [-0.15, -0.1) is 0 Å². The minimum absolute atomic E-state index is 0.513. The molecule has 0 radical (unpaired) electrons. The molecule has 2 aliphatic heterocycles. The first-order valence-corrected chi connectivity index (χ1v) is 11.4. The van der Waals surface area contributed by atoms with E-state index in [0.29, 0.717) is 23.0 Å². The van der Waals surface area contributed by atoms with E-state index in [1.807, 2.05) is 0 Å². The van der Waals surface area contributed by atoms with Gasteiger partial charge in [-0.25, -0.2) is 0 Å². The van der Waals surface area contributed by atoms with Crippen molar-refractivity contribution < 1.29 is 0 Å². The van der Waals surface area contributed by atoms with Crippen LogP contribution in [0.5, 0.6) is 0 Å². The standard InChI is InChI=1S/C21H36N6S/c1-16(2)15-22-21(28)25-20-23-18(26-11-7-4-5-8-12-26)14-19(24-20)27-13-9-6-10-17(27)3/h14,16-17H,4-13,15H2,1-3H3,(H2,22,23,24,25,28)/t17-/m1/s1. The van der Waals surface area contributed by atoms with E-state index < -0.39 is 0 Å². The number of nitrogens with one attached hydrogen (secondary N) is 2. The Morgan fingerprint density at radius 1 is 1.07 bits per heavy atom. The van der Waals surface area contributed by atoms with Crippen molar-refractivity contribution in [3.8, 4) is 0 Å². The molecule has 2 aliphatic rings. The highest BCUT2D eigenvalue weighted by Crippen LogP contribution is 2.28. The number of rotatable bonds is 5. The summed E-state index contributed by atoms with van der Waals surface area (Å²) in [5.41, 5.74) is 0. The van der Waals surface area contributed by atoms with Crippen LogP contribution in [0.25, 0.3) is 0 Å². The molecule has 2 fully saturated rings. The van der Waals surface area contributed by atoms with Gasteiger partial charge >= 0.3 is 0 Å². The van der Waals surface area contributed by atoms with E-state index in [1.54, 1.807) is 0 Å². The largest absolute Gasteiger partial charge is 0.362 e. The first-order chi connectivity index (χ1) is 13.5. The average molecular weight is 405 g/mol. The van der Waals surface area contributed by atoms with Crippen LogP contribution in [0.3, 0.4) is 0 Å². The average Bonchev–Trinajstić information content (AvgIpc) is 2.96. The van der Waals surface area contributed by atoms with Gasteiger partial charge in [-0.1, -0.05) is 26.7 Å². The lowest BCUT2D eigenvalue weighted by molar-refractivity contribution is 0.481. The van der Waals surface area contributed by atoms with Crippen LogP contribution in [0.1, 0.15) is 65.7 Å². The topological polar surface area (TPSA) is 56.3 Å². The minimum atomic E-state index is 0.513. The van der Waals surface area contributed by atoms with E-state index in [2.05, 4.69) is 47.3 Å². The lowest BCUT2D eigenvalue weighted by atomic mass is 10.0. The Morgan fingerprint density at radius 2 is 1.75 bits per heavy atom. The zero-order chi connectivity index (χ0) is 19.9. The smallest absolute Gasteiger partial charge is 0.232 e. The fourth-order valence-corrected chi connectivity index (χ4v) is 4.14. The molecule has 0 saturated carbocycles. The minimum Gasteiger partial charge on any atom is -0.362 e. The predicted octanol–water partition coefficient (Wildman–Crippen LogP) is 4.18. The van der Waals surface area contributed by atoms with Crippen LogP contribution in [0.15, 0.2) is 6.07 Å². The van der Waals surface area contributed by atoms with Gasteiger partial charge in [0.25, 0.3) is 0 Å². The van der Waals surface area contributed by atoms with Gasteiger partial charge in [-0.2, -0.15) is 9.97 Å². The molecule has 3 heterocycles. The van der Waals surface area contributed by atoms with Crippen LogP contribution in [-0.2, 0) is 0 Å². The molecule has 0 aliphatic carbocycles. The zero-order valence-electron chi connectivity index (χ0n) is 17.7. The Hall–Kier alpha value is -1.63. The maximum Gasteiger partial charge on any atom is 0.232 e. The molecule has 1 aromatic rings. The molecule has 156 valence electrons. The maximum absolute atomic E-state index is 5.47. The zero-order valence-corrected chi connectivity index (χ0v) is 18.5. The van der Waals surface area contributed by atoms with Crippen molar-refractivity contribution in [3.05, 3.63) is 6.07 Å². The highest BCUT2D eigenvalue weighted by molar-refractivity contribution is 7.80. The van der Waals surface area contributed by atoms with Gasteiger partial charge in [-0.05, 0) is 57.2 Å². The van der Waals surface area contributed by atoms with E-state index in [0.717, 1.165) is 37.8 Å². The summed E-state index contributed by atoms with van der Waals surface area (Å²) in [6.07, 6.45) is 8.84. The monoisotopic (exact) mass is 404 g/mol. The SMILES string of the molecule is CC(C)CNC(=S)Nc1nc(N2CCCCCC2)cc(N2CCCC[C@H]2C)n1. The maximum atomic E-state index is 5.47. The summed E-state index contributed by atoms with van der Waals surface area (Å²) < 4.78 is 0.